The van der Waals surface area contributed by atoms with Gasteiger partial charge in [0.2, 0.25) is 0 Å². The van der Waals surface area contributed by atoms with Crippen LogP contribution < -0.4 is 10.7 Å². The van der Waals surface area contributed by atoms with Gasteiger partial charge in [-0.3, -0.25) is 9.99 Å². The van der Waals surface area contributed by atoms with Crippen LogP contribution in [-0.2, 0) is 11.0 Å². The van der Waals surface area contributed by atoms with Crippen LogP contribution in [0, 0.1) is 0 Å². The highest BCUT2D eigenvalue weighted by molar-refractivity contribution is 7.67. The summed E-state index contributed by atoms with van der Waals surface area (Å²) in [5.74, 6) is 0.736. The van der Waals surface area contributed by atoms with Crippen LogP contribution in [-0.4, -0.2) is 29.5 Å². The molecule has 1 atom stereocenters. The molecule has 0 saturated carbocycles. The Labute approximate surface area is 141 Å². The number of hydrogen-bond acceptors (Lipinski definition) is 3. The molecule has 1 aliphatic heterocycles. The Hall–Kier alpha value is -1.81. The molecule has 0 aromatic heterocycles. The van der Waals surface area contributed by atoms with E-state index in [4.69, 9.17) is 11.6 Å². The van der Waals surface area contributed by atoms with Gasteiger partial charge in [0.25, 0.3) is 0 Å². The molecule has 7 heteroatoms. The minimum Gasteiger partial charge on any atom is -0.297 e. The second-order valence-electron chi connectivity index (χ2n) is 5.35. The van der Waals surface area contributed by atoms with Crippen molar-refractivity contribution < 1.29 is 4.57 Å². The first-order valence-corrected chi connectivity index (χ1v) is 9.22. The Morgan fingerprint density at radius 3 is 2.35 bits per heavy atom. The molecule has 0 bridgehead atoms. The monoisotopic (exact) mass is 348 g/mol. The van der Waals surface area contributed by atoms with Gasteiger partial charge >= 0.3 is 7.44 Å². The first-order chi connectivity index (χ1) is 11.0. The van der Waals surface area contributed by atoms with Gasteiger partial charge in [-0.15, -0.1) is 4.78 Å². The molecule has 120 valence electrons. The number of amidine groups is 1. The fourth-order valence-corrected chi connectivity index (χ4v) is 4.78. The average Bonchev–Trinajstić information content (AvgIpc) is 2.55. The van der Waals surface area contributed by atoms with Crippen LogP contribution in [0.4, 0.5) is 0 Å². The van der Waals surface area contributed by atoms with Gasteiger partial charge in [-0.25, -0.2) is 4.78 Å². The van der Waals surface area contributed by atoms with E-state index in [1.807, 2.05) is 54.6 Å². The average molecular weight is 349 g/mol. The lowest BCUT2D eigenvalue weighted by molar-refractivity contribution is 0.357. The van der Waals surface area contributed by atoms with Crippen LogP contribution in [0.3, 0.4) is 0 Å². The molecular formula is C16H18ClN4OP. The molecule has 1 N–H and O–H groups in total. The van der Waals surface area contributed by atoms with E-state index in [-0.39, 0.29) is 0 Å². The van der Waals surface area contributed by atoms with Gasteiger partial charge < -0.3 is 0 Å². The fourth-order valence-electron chi connectivity index (χ4n) is 2.54. The highest BCUT2D eigenvalue weighted by Crippen LogP contribution is 2.50. The molecule has 1 unspecified atom stereocenters. The van der Waals surface area contributed by atoms with E-state index in [1.165, 1.54) is 0 Å². The summed E-state index contributed by atoms with van der Waals surface area (Å²) in [5.41, 5.74) is 4.23. The largest absolute Gasteiger partial charge is 0.300 e. The zero-order chi connectivity index (χ0) is 16.4. The van der Waals surface area contributed by atoms with E-state index in [9.17, 15) is 4.57 Å². The van der Waals surface area contributed by atoms with Crippen molar-refractivity contribution in [2.45, 2.75) is 6.42 Å². The minimum atomic E-state index is -2.95. The smallest absolute Gasteiger partial charge is 0.297 e. The molecule has 5 nitrogen and oxygen atoms in total. The van der Waals surface area contributed by atoms with Crippen molar-refractivity contribution in [1.82, 2.24) is 15.0 Å². The molecule has 0 saturated heterocycles. The second-order valence-corrected chi connectivity index (χ2v) is 8.57. The second kappa shape index (κ2) is 6.36. The summed E-state index contributed by atoms with van der Waals surface area (Å²) < 4.78 is 16.6. The van der Waals surface area contributed by atoms with E-state index >= 15 is 0 Å². The maximum atomic E-state index is 13.4. The standard InChI is InChI=1S/C16H18ClN4OP/c1-20-18-16(12-13-8-10-14(17)11-9-13)19-21(2)23(20,22)15-6-4-3-5-7-15/h3-11H,12H2,1-2H3,(H,18,19). The maximum absolute atomic E-state index is 13.4. The van der Waals surface area contributed by atoms with Crippen molar-refractivity contribution in [3.63, 3.8) is 0 Å². The zero-order valence-corrected chi connectivity index (χ0v) is 14.6. The molecule has 0 amide bonds. The van der Waals surface area contributed by atoms with Crippen molar-refractivity contribution in [2.75, 3.05) is 14.1 Å². The molecule has 1 aliphatic rings. The van der Waals surface area contributed by atoms with Gasteiger partial charge in [-0.05, 0) is 29.8 Å². The number of halogens is 1. The van der Waals surface area contributed by atoms with Crippen LogP contribution in [0.15, 0.2) is 59.7 Å². The van der Waals surface area contributed by atoms with Gasteiger partial charge in [0, 0.05) is 30.8 Å². The van der Waals surface area contributed by atoms with E-state index in [1.54, 1.807) is 23.7 Å². The molecule has 3 rings (SSSR count). The third-order valence-corrected chi connectivity index (χ3v) is 6.74. The molecule has 1 heterocycles. The normalized spacial score (nSPS) is 21.7. The number of hydrazine groups is 1. The van der Waals surface area contributed by atoms with Crippen LogP contribution in [0.2, 0.25) is 5.02 Å². The lowest BCUT2D eigenvalue weighted by Gasteiger charge is -2.38. The van der Waals surface area contributed by atoms with Crippen molar-refractivity contribution in [3.05, 3.63) is 65.2 Å². The zero-order valence-electron chi connectivity index (χ0n) is 13.0. The van der Waals surface area contributed by atoms with E-state index < -0.39 is 7.44 Å². The molecule has 2 aromatic rings. The van der Waals surface area contributed by atoms with Crippen LogP contribution >= 0.6 is 19.0 Å². The number of benzene rings is 2. The van der Waals surface area contributed by atoms with E-state index in [0.29, 0.717) is 11.4 Å². The van der Waals surface area contributed by atoms with Crippen molar-refractivity contribution in [3.8, 4) is 0 Å². The SMILES string of the molecule is CN1N=C(Cc2ccc(Cl)cc2)NN(C)P1(=O)c1ccccc1. The van der Waals surface area contributed by atoms with Gasteiger partial charge in [-0.2, -0.15) is 5.10 Å². The summed E-state index contributed by atoms with van der Waals surface area (Å²) in [5, 5.41) is 5.93. The van der Waals surface area contributed by atoms with Crippen LogP contribution in [0.5, 0.6) is 0 Å². The van der Waals surface area contributed by atoms with Crippen LogP contribution in [0.25, 0.3) is 0 Å². The Bertz CT molecular complexity index is 763. The number of nitrogens with zero attached hydrogens (tertiary/aromatic N) is 3. The van der Waals surface area contributed by atoms with Crippen molar-refractivity contribution in [2.24, 2.45) is 5.10 Å². The van der Waals surface area contributed by atoms with Gasteiger partial charge in [0.15, 0.2) is 0 Å². The van der Waals surface area contributed by atoms with Gasteiger partial charge in [0.1, 0.15) is 5.84 Å². The first kappa shape index (κ1) is 16.1. The number of hydrogen-bond donors (Lipinski definition) is 1. The third-order valence-electron chi connectivity index (χ3n) is 3.73. The van der Waals surface area contributed by atoms with Crippen LogP contribution in [0.1, 0.15) is 5.56 Å². The number of hydrazone groups is 1. The minimum absolute atomic E-state index is 0.612. The molecule has 0 spiro atoms. The number of rotatable bonds is 3. The van der Waals surface area contributed by atoms with Gasteiger partial charge in [-0.1, -0.05) is 41.9 Å². The summed E-state index contributed by atoms with van der Waals surface area (Å²) >= 11 is 5.91. The lowest BCUT2D eigenvalue weighted by atomic mass is 10.1. The molecular weight excluding hydrogens is 331 g/mol. The molecule has 0 radical (unpaired) electrons. The van der Waals surface area contributed by atoms with Crippen molar-refractivity contribution in [1.29, 1.82) is 0 Å². The molecule has 0 aliphatic carbocycles. The predicted octanol–water partition coefficient (Wildman–Crippen LogP) is 3.10. The highest BCUT2D eigenvalue weighted by Gasteiger charge is 2.38. The quantitative estimate of drug-likeness (QED) is 0.866. The fraction of sp³-hybridized carbons (Fsp3) is 0.188. The van der Waals surface area contributed by atoms with Crippen molar-refractivity contribution >= 4 is 30.2 Å². The Morgan fingerprint density at radius 1 is 1.09 bits per heavy atom. The van der Waals surface area contributed by atoms with E-state index in [0.717, 1.165) is 16.7 Å². The number of nitrogens with one attached hydrogen (secondary N) is 1. The molecule has 23 heavy (non-hydrogen) atoms. The highest BCUT2D eigenvalue weighted by atomic mass is 35.5. The Kier molecular flexibility index (Phi) is 4.44. The third kappa shape index (κ3) is 3.13. The molecule has 0 fully saturated rings. The summed E-state index contributed by atoms with van der Waals surface area (Å²) in [6.07, 6.45) is 0.612. The summed E-state index contributed by atoms with van der Waals surface area (Å²) in [4.78, 5) is 0. The predicted molar refractivity (Wildman–Crippen MR) is 94.9 cm³/mol. The maximum Gasteiger partial charge on any atom is 0.300 e. The Morgan fingerprint density at radius 2 is 1.74 bits per heavy atom. The summed E-state index contributed by atoms with van der Waals surface area (Å²) in [6, 6.07) is 17.0. The molecule has 2 aromatic carbocycles. The first-order valence-electron chi connectivity index (χ1n) is 7.23. The topological polar surface area (TPSA) is 47.9 Å². The van der Waals surface area contributed by atoms with E-state index in [2.05, 4.69) is 10.5 Å². The summed E-state index contributed by atoms with van der Waals surface area (Å²) in [6.45, 7) is 0. The van der Waals surface area contributed by atoms with Gasteiger partial charge in [0.05, 0.1) is 0 Å². The lowest BCUT2D eigenvalue weighted by Crippen LogP contribution is -2.48. The Balaban J connectivity index is 1.86. The summed E-state index contributed by atoms with van der Waals surface area (Å²) in [7, 11) is 0.571.